The minimum Gasteiger partial charge on any atom is -0.399 e. The maximum absolute atomic E-state index is 5.74. The topological polar surface area (TPSA) is 62.6 Å². The lowest BCUT2D eigenvalue weighted by atomic mass is 10.2. The predicted molar refractivity (Wildman–Crippen MR) is 83.9 cm³/mol. The predicted octanol–water partition coefficient (Wildman–Crippen LogP) is 2.04. The second-order valence-electron chi connectivity index (χ2n) is 4.88. The maximum atomic E-state index is 5.74. The van der Waals surface area contributed by atoms with E-state index < -0.39 is 0 Å². The Balaban J connectivity index is 2.53. The first kappa shape index (κ1) is 14.5. The van der Waals surface area contributed by atoms with Gasteiger partial charge in [0.1, 0.15) is 5.82 Å². The highest BCUT2D eigenvalue weighted by atomic mass is 32.1. The molecule has 1 heterocycles. The molecule has 0 aliphatic carbocycles. The zero-order valence-electron chi connectivity index (χ0n) is 12.1. The summed E-state index contributed by atoms with van der Waals surface area (Å²) in [6.45, 7) is 2.12. The second-order valence-corrected chi connectivity index (χ2v) is 5.24. The van der Waals surface area contributed by atoms with Crippen LogP contribution in [0.1, 0.15) is 24.7 Å². The molecular formula is C14H20N5S+. The van der Waals surface area contributed by atoms with Crippen molar-refractivity contribution >= 4 is 23.7 Å². The summed E-state index contributed by atoms with van der Waals surface area (Å²) in [5.74, 6) is 1.86. The van der Waals surface area contributed by atoms with Crippen molar-refractivity contribution in [1.29, 1.82) is 0 Å². The quantitative estimate of drug-likeness (QED) is 0.299. The van der Waals surface area contributed by atoms with Crippen LogP contribution in [-0.2, 0) is 6.42 Å². The molecule has 3 N–H and O–H groups in total. The molecule has 2 rings (SSSR count). The van der Waals surface area contributed by atoms with E-state index in [4.69, 9.17) is 18.0 Å². The zero-order chi connectivity index (χ0) is 14.7. The molecule has 0 spiro atoms. The van der Waals surface area contributed by atoms with Gasteiger partial charge in [-0.25, -0.2) is 5.10 Å². The number of H-pyrrole nitrogens is 1. The second kappa shape index (κ2) is 6.00. The number of anilines is 1. The largest absolute Gasteiger partial charge is 0.399 e. The average molecular weight is 290 g/mol. The highest BCUT2D eigenvalue weighted by molar-refractivity contribution is 7.71. The van der Waals surface area contributed by atoms with E-state index in [2.05, 4.69) is 17.0 Å². The fourth-order valence-electron chi connectivity index (χ4n) is 2.08. The van der Waals surface area contributed by atoms with E-state index in [0.717, 1.165) is 35.8 Å². The molecule has 0 saturated carbocycles. The number of nitrogens with one attached hydrogen (secondary N) is 1. The van der Waals surface area contributed by atoms with Crippen molar-refractivity contribution in [2.75, 3.05) is 19.8 Å². The molecule has 20 heavy (non-hydrogen) atoms. The third-order valence-electron chi connectivity index (χ3n) is 2.95. The first-order valence-corrected chi connectivity index (χ1v) is 7.02. The average Bonchev–Trinajstić information content (AvgIpc) is 2.73. The van der Waals surface area contributed by atoms with Crippen LogP contribution in [0.2, 0.25) is 0 Å². The molecule has 0 bridgehead atoms. The van der Waals surface area contributed by atoms with Crippen molar-refractivity contribution in [2.24, 2.45) is 0 Å². The Morgan fingerprint density at radius 1 is 1.35 bits per heavy atom. The Kier molecular flexibility index (Phi) is 4.34. The summed E-state index contributed by atoms with van der Waals surface area (Å²) >= 11 is 5.36. The van der Waals surface area contributed by atoms with Crippen molar-refractivity contribution in [2.45, 2.75) is 19.8 Å². The molecule has 1 aromatic carbocycles. The molecule has 0 atom stereocenters. The number of hydrogen-bond acceptors (Lipinski definition) is 3. The van der Waals surface area contributed by atoms with Crippen molar-refractivity contribution in [3.63, 3.8) is 0 Å². The Morgan fingerprint density at radius 3 is 2.55 bits per heavy atom. The molecule has 1 aromatic heterocycles. The maximum Gasteiger partial charge on any atom is 0.315 e. The smallest absolute Gasteiger partial charge is 0.315 e. The summed E-state index contributed by atoms with van der Waals surface area (Å²) in [4.78, 5) is 4.40. The van der Waals surface area contributed by atoms with Gasteiger partial charge in [0.25, 0.3) is 0 Å². The minimum atomic E-state index is 0.536. The van der Waals surface area contributed by atoms with E-state index in [1.54, 1.807) is 0 Å². The first-order chi connectivity index (χ1) is 9.52. The lowest BCUT2D eigenvalue weighted by Gasteiger charge is -2.04. The molecule has 6 heteroatoms. The summed E-state index contributed by atoms with van der Waals surface area (Å²) in [6, 6.07) is 7.72. The van der Waals surface area contributed by atoms with E-state index in [1.807, 2.05) is 47.6 Å². The molecule has 0 fully saturated rings. The van der Waals surface area contributed by atoms with Gasteiger partial charge < -0.3 is 5.73 Å². The van der Waals surface area contributed by atoms with Crippen molar-refractivity contribution in [1.82, 2.24) is 14.8 Å². The Morgan fingerprint density at radius 2 is 2.00 bits per heavy atom. The molecule has 2 aromatic rings. The van der Waals surface area contributed by atoms with Gasteiger partial charge in [0.2, 0.25) is 0 Å². The highest BCUT2D eigenvalue weighted by Crippen LogP contribution is 2.09. The van der Waals surface area contributed by atoms with Crippen molar-refractivity contribution in [3.8, 4) is 0 Å². The van der Waals surface area contributed by atoms with Gasteiger partial charge in [0, 0.05) is 12.1 Å². The standard InChI is InChI=1S/C14H19N5S/c1-4-5-12-16-14(20)19(17-12)13(18(2)3)10-6-8-11(15)9-7-10/h6-9,15H,4-5H2,1-3H3,(H,16,17,20)/p+1. The van der Waals surface area contributed by atoms with E-state index >= 15 is 0 Å². The highest BCUT2D eigenvalue weighted by Gasteiger charge is 2.19. The van der Waals surface area contributed by atoms with Crippen LogP contribution in [0.3, 0.4) is 0 Å². The summed E-state index contributed by atoms with van der Waals surface area (Å²) in [7, 11) is 3.96. The van der Waals surface area contributed by atoms with Gasteiger partial charge in [-0.15, -0.1) is 0 Å². The number of rotatable bonds is 3. The number of nitrogens with zero attached hydrogens (tertiary/aromatic N) is 3. The van der Waals surface area contributed by atoms with Crippen LogP contribution in [0, 0.1) is 4.77 Å². The molecule has 0 aliphatic heterocycles. The number of aromatic nitrogens is 3. The number of benzene rings is 1. The molecule has 106 valence electrons. The van der Waals surface area contributed by atoms with Crippen molar-refractivity contribution < 1.29 is 4.58 Å². The van der Waals surface area contributed by atoms with Gasteiger partial charge >= 0.3 is 10.6 Å². The number of nitrogen functional groups attached to an aromatic ring is 1. The number of nitrogens with two attached hydrogens (primary N) is 1. The van der Waals surface area contributed by atoms with Gasteiger partial charge in [0.15, 0.2) is 0 Å². The molecule has 0 amide bonds. The van der Waals surface area contributed by atoms with Crippen LogP contribution < -0.4 is 5.73 Å². The van der Waals surface area contributed by atoms with Gasteiger partial charge in [0.05, 0.1) is 19.7 Å². The van der Waals surface area contributed by atoms with Crippen LogP contribution >= 0.6 is 12.2 Å². The number of aromatic amines is 1. The van der Waals surface area contributed by atoms with Crippen LogP contribution in [0.4, 0.5) is 5.69 Å². The third kappa shape index (κ3) is 2.96. The van der Waals surface area contributed by atoms with Gasteiger partial charge in [-0.3, -0.25) is 4.58 Å². The Bertz CT molecular complexity index is 674. The summed E-state index contributed by atoms with van der Waals surface area (Å²) in [6.07, 6.45) is 1.92. The fourth-order valence-corrected chi connectivity index (χ4v) is 2.32. The van der Waals surface area contributed by atoms with E-state index in [1.165, 1.54) is 0 Å². The summed E-state index contributed by atoms with van der Waals surface area (Å²) in [5, 5.41) is 3.27. The fraction of sp³-hybridized carbons (Fsp3) is 0.357. The number of aryl methyl sites for hydroxylation is 1. The van der Waals surface area contributed by atoms with E-state index in [-0.39, 0.29) is 0 Å². The van der Waals surface area contributed by atoms with Crippen LogP contribution in [0.15, 0.2) is 24.3 Å². The van der Waals surface area contributed by atoms with Crippen LogP contribution in [0.25, 0.3) is 0 Å². The Labute approximate surface area is 123 Å². The van der Waals surface area contributed by atoms with E-state index in [9.17, 15) is 0 Å². The van der Waals surface area contributed by atoms with Crippen molar-refractivity contribution in [3.05, 3.63) is 40.4 Å². The molecule has 0 aliphatic rings. The lowest BCUT2D eigenvalue weighted by Crippen LogP contribution is -2.25. The van der Waals surface area contributed by atoms with Gasteiger partial charge in [-0.05, 0) is 42.9 Å². The lowest BCUT2D eigenvalue weighted by molar-refractivity contribution is -0.466. The molecule has 0 radical (unpaired) electrons. The molecular weight excluding hydrogens is 270 g/mol. The molecule has 0 saturated heterocycles. The normalized spacial score (nSPS) is 10.6. The minimum absolute atomic E-state index is 0.536. The zero-order valence-corrected chi connectivity index (χ0v) is 12.9. The van der Waals surface area contributed by atoms with Crippen LogP contribution in [-0.4, -0.2) is 39.3 Å². The Hall–Kier alpha value is -1.95. The van der Waals surface area contributed by atoms with Gasteiger partial charge in [-0.1, -0.05) is 11.6 Å². The number of hydrogen-bond donors (Lipinski definition) is 2. The monoisotopic (exact) mass is 290 g/mol. The summed E-state index contributed by atoms with van der Waals surface area (Å²) < 4.78 is 4.38. The first-order valence-electron chi connectivity index (χ1n) is 6.61. The summed E-state index contributed by atoms with van der Waals surface area (Å²) in [5.41, 5.74) is 7.52. The van der Waals surface area contributed by atoms with E-state index in [0.29, 0.717) is 4.77 Å². The SMILES string of the molecule is CCCc1nc(=S)n(C(c2ccc(N)cc2)=[N+](C)C)[nH]1. The molecule has 0 unspecified atom stereocenters. The molecule has 5 nitrogen and oxygen atoms in total. The van der Waals surface area contributed by atoms with Crippen LogP contribution in [0.5, 0.6) is 0 Å². The third-order valence-corrected chi connectivity index (χ3v) is 3.23. The van der Waals surface area contributed by atoms with Gasteiger partial charge in [-0.2, -0.15) is 4.98 Å².